The van der Waals surface area contributed by atoms with E-state index in [-0.39, 0.29) is 23.8 Å². The minimum Gasteiger partial charge on any atom is -0.482 e. The Morgan fingerprint density at radius 2 is 2.24 bits per heavy atom. The van der Waals surface area contributed by atoms with E-state index in [4.69, 9.17) is 9.84 Å². The van der Waals surface area contributed by atoms with E-state index in [1.165, 1.54) is 18.2 Å². The molecular formula is C11H11F2NO3. The van der Waals surface area contributed by atoms with Crippen LogP contribution in [0, 0.1) is 0 Å². The standard InChI is InChI=1S/C11H11F2NO3/c12-11(13,3-4-15)7-1-2-9-8(5-7)14-10(16)6-17-9/h1-2,5,15H,3-4,6H2,(H,14,16). The second-order valence-electron chi connectivity index (χ2n) is 3.73. The van der Waals surface area contributed by atoms with Crippen LogP contribution in [-0.2, 0) is 10.7 Å². The summed E-state index contributed by atoms with van der Waals surface area (Å²) in [6.07, 6.45) is -0.652. The summed E-state index contributed by atoms with van der Waals surface area (Å²) in [5.74, 6) is -3.13. The Bertz CT molecular complexity index is 448. The predicted octanol–water partition coefficient (Wildman–Crippen LogP) is 1.49. The fourth-order valence-corrected chi connectivity index (χ4v) is 1.60. The molecule has 1 aliphatic heterocycles. The van der Waals surface area contributed by atoms with Crippen molar-refractivity contribution in [2.24, 2.45) is 0 Å². The number of rotatable bonds is 3. The number of fused-ring (bicyclic) bond motifs is 1. The third kappa shape index (κ3) is 2.36. The zero-order chi connectivity index (χ0) is 12.5. The van der Waals surface area contributed by atoms with Gasteiger partial charge >= 0.3 is 0 Å². The first kappa shape index (κ1) is 11.8. The van der Waals surface area contributed by atoms with Crippen LogP contribution in [-0.4, -0.2) is 24.2 Å². The van der Waals surface area contributed by atoms with Crippen LogP contribution in [0.5, 0.6) is 5.75 Å². The Morgan fingerprint density at radius 3 is 2.94 bits per heavy atom. The van der Waals surface area contributed by atoms with Crippen molar-refractivity contribution in [3.8, 4) is 5.75 Å². The molecule has 0 saturated heterocycles. The third-order valence-corrected chi connectivity index (χ3v) is 2.46. The number of hydrogen-bond acceptors (Lipinski definition) is 3. The van der Waals surface area contributed by atoms with E-state index in [0.717, 1.165) is 0 Å². The summed E-state index contributed by atoms with van der Waals surface area (Å²) in [4.78, 5) is 11.0. The van der Waals surface area contributed by atoms with E-state index in [0.29, 0.717) is 5.75 Å². The smallest absolute Gasteiger partial charge is 0.275 e. The van der Waals surface area contributed by atoms with E-state index in [1.807, 2.05) is 0 Å². The highest BCUT2D eigenvalue weighted by molar-refractivity contribution is 5.95. The maximum absolute atomic E-state index is 13.5. The number of ether oxygens (including phenoxy) is 1. The normalized spacial score (nSPS) is 14.9. The topological polar surface area (TPSA) is 58.6 Å². The molecule has 0 aliphatic carbocycles. The van der Waals surface area contributed by atoms with Crippen molar-refractivity contribution in [2.75, 3.05) is 18.5 Å². The summed E-state index contributed by atoms with van der Waals surface area (Å²) in [5.41, 5.74) is -0.0209. The van der Waals surface area contributed by atoms with Gasteiger partial charge in [0.1, 0.15) is 5.75 Å². The summed E-state index contributed by atoms with van der Waals surface area (Å²) in [5, 5.41) is 11.0. The number of halogens is 2. The number of benzene rings is 1. The SMILES string of the molecule is O=C1COc2ccc(C(F)(F)CCO)cc2N1. The number of carbonyl (C=O) groups excluding carboxylic acids is 1. The molecular weight excluding hydrogens is 232 g/mol. The molecule has 17 heavy (non-hydrogen) atoms. The summed E-state index contributed by atoms with van der Waals surface area (Å²) in [6, 6.07) is 3.78. The number of alkyl halides is 2. The van der Waals surface area contributed by atoms with Crippen molar-refractivity contribution < 1.29 is 23.4 Å². The van der Waals surface area contributed by atoms with Gasteiger partial charge in [0.15, 0.2) is 6.61 Å². The van der Waals surface area contributed by atoms with Gasteiger partial charge in [-0.2, -0.15) is 0 Å². The van der Waals surface area contributed by atoms with Gasteiger partial charge in [0.25, 0.3) is 11.8 Å². The lowest BCUT2D eigenvalue weighted by molar-refractivity contribution is -0.118. The molecule has 6 heteroatoms. The quantitative estimate of drug-likeness (QED) is 0.845. The summed E-state index contributed by atoms with van der Waals surface area (Å²) in [7, 11) is 0. The molecule has 1 aromatic carbocycles. The summed E-state index contributed by atoms with van der Waals surface area (Å²) in [6.45, 7) is -0.716. The number of carbonyl (C=O) groups is 1. The van der Waals surface area contributed by atoms with Crippen molar-refractivity contribution in [1.82, 2.24) is 0 Å². The van der Waals surface area contributed by atoms with Crippen LogP contribution in [0.25, 0.3) is 0 Å². The summed E-state index contributed by atoms with van der Waals surface area (Å²) < 4.78 is 32.1. The molecule has 2 N–H and O–H groups in total. The first-order valence-corrected chi connectivity index (χ1v) is 5.09. The number of aliphatic hydroxyl groups excluding tert-OH is 1. The Hall–Kier alpha value is -1.69. The molecule has 0 aromatic heterocycles. The van der Waals surface area contributed by atoms with Crippen LogP contribution in [0.3, 0.4) is 0 Å². The van der Waals surface area contributed by atoms with Crippen molar-refractivity contribution >= 4 is 11.6 Å². The monoisotopic (exact) mass is 243 g/mol. The zero-order valence-electron chi connectivity index (χ0n) is 8.87. The summed E-state index contributed by atoms with van der Waals surface area (Å²) >= 11 is 0. The molecule has 0 radical (unpaired) electrons. The Balaban J connectivity index is 2.32. The molecule has 0 bridgehead atoms. The zero-order valence-corrected chi connectivity index (χ0v) is 8.87. The first-order chi connectivity index (χ1) is 8.03. The average Bonchev–Trinajstić information content (AvgIpc) is 2.28. The number of amides is 1. The second kappa shape index (κ2) is 4.29. The van der Waals surface area contributed by atoms with E-state index in [2.05, 4.69) is 5.32 Å². The van der Waals surface area contributed by atoms with Gasteiger partial charge in [0.05, 0.1) is 5.69 Å². The van der Waals surface area contributed by atoms with E-state index < -0.39 is 19.0 Å². The first-order valence-electron chi connectivity index (χ1n) is 5.09. The van der Waals surface area contributed by atoms with Crippen LogP contribution in [0.1, 0.15) is 12.0 Å². The molecule has 1 heterocycles. The third-order valence-electron chi connectivity index (χ3n) is 2.46. The van der Waals surface area contributed by atoms with Gasteiger partial charge in [0.2, 0.25) is 0 Å². The van der Waals surface area contributed by atoms with Gasteiger partial charge in [-0.15, -0.1) is 0 Å². The fourth-order valence-electron chi connectivity index (χ4n) is 1.60. The number of nitrogens with one attached hydrogen (secondary N) is 1. The van der Waals surface area contributed by atoms with Gasteiger partial charge in [-0.3, -0.25) is 4.79 Å². The Kier molecular flexibility index (Phi) is 2.97. The minimum atomic E-state index is -3.12. The minimum absolute atomic E-state index is 0.112. The Labute approximate surface area is 96.2 Å². The molecule has 0 fully saturated rings. The number of anilines is 1. The average molecular weight is 243 g/mol. The van der Waals surface area contributed by atoms with Crippen LogP contribution in [0.2, 0.25) is 0 Å². The van der Waals surface area contributed by atoms with Gasteiger partial charge in [-0.05, 0) is 18.2 Å². The van der Waals surface area contributed by atoms with Gasteiger partial charge < -0.3 is 15.2 Å². The molecule has 2 rings (SSSR count). The van der Waals surface area contributed by atoms with E-state index >= 15 is 0 Å². The van der Waals surface area contributed by atoms with E-state index in [1.54, 1.807) is 0 Å². The van der Waals surface area contributed by atoms with Gasteiger partial charge in [0, 0.05) is 18.6 Å². The molecule has 0 saturated carbocycles. The lowest BCUT2D eigenvalue weighted by Gasteiger charge is -2.21. The van der Waals surface area contributed by atoms with Crippen molar-refractivity contribution in [3.63, 3.8) is 0 Å². The van der Waals surface area contributed by atoms with Crippen molar-refractivity contribution in [1.29, 1.82) is 0 Å². The highest BCUT2D eigenvalue weighted by Crippen LogP contribution is 2.37. The molecule has 0 atom stereocenters. The second-order valence-corrected chi connectivity index (χ2v) is 3.73. The van der Waals surface area contributed by atoms with Gasteiger partial charge in [-0.1, -0.05) is 0 Å². The lowest BCUT2D eigenvalue weighted by atomic mass is 10.0. The molecule has 4 nitrogen and oxygen atoms in total. The molecule has 1 aliphatic rings. The van der Waals surface area contributed by atoms with Crippen LogP contribution >= 0.6 is 0 Å². The van der Waals surface area contributed by atoms with Crippen LogP contribution in [0.15, 0.2) is 18.2 Å². The fraction of sp³-hybridized carbons (Fsp3) is 0.364. The molecule has 1 amide bonds. The maximum Gasteiger partial charge on any atom is 0.275 e. The van der Waals surface area contributed by atoms with Crippen molar-refractivity contribution in [3.05, 3.63) is 23.8 Å². The van der Waals surface area contributed by atoms with Crippen LogP contribution < -0.4 is 10.1 Å². The van der Waals surface area contributed by atoms with Crippen molar-refractivity contribution in [2.45, 2.75) is 12.3 Å². The highest BCUT2D eigenvalue weighted by Gasteiger charge is 2.32. The van der Waals surface area contributed by atoms with Gasteiger partial charge in [-0.25, -0.2) is 8.78 Å². The molecule has 0 spiro atoms. The Morgan fingerprint density at radius 1 is 1.47 bits per heavy atom. The molecule has 92 valence electrons. The van der Waals surface area contributed by atoms with E-state index in [9.17, 15) is 13.6 Å². The number of aliphatic hydroxyl groups is 1. The maximum atomic E-state index is 13.5. The highest BCUT2D eigenvalue weighted by atomic mass is 19.3. The predicted molar refractivity (Wildman–Crippen MR) is 56.2 cm³/mol. The largest absolute Gasteiger partial charge is 0.482 e. The lowest BCUT2D eigenvalue weighted by Crippen LogP contribution is -2.26. The van der Waals surface area contributed by atoms with Crippen LogP contribution in [0.4, 0.5) is 14.5 Å². The molecule has 1 aromatic rings. The number of hydrogen-bond donors (Lipinski definition) is 2. The molecule has 0 unspecified atom stereocenters.